The van der Waals surface area contributed by atoms with Crippen molar-refractivity contribution < 1.29 is 14.3 Å². The molecule has 4 fully saturated rings. The Balaban J connectivity index is 1.31. The van der Waals surface area contributed by atoms with Gasteiger partial charge in [-0.05, 0) is 98.1 Å². The summed E-state index contributed by atoms with van der Waals surface area (Å²) < 4.78 is 11.7. The van der Waals surface area contributed by atoms with E-state index in [1.807, 2.05) is 48.6 Å². The summed E-state index contributed by atoms with van der Waals surface area (Å²) in [5, 5.41) is 0. The molecule has 33 heavy (non-hydrogen) atoms. The van der Waals surface area contributed by atoms with Crippen molar-refractivity contribution in [3.8, 4) is 11.5 Å². The third-order valence-corrected chi connectivity index (χ3v) is 8.01. The van der Waals surface area contributed by atoms with E-state index >= 15 is 0 Å². The fourth-order valence-electron chi connectivity index (χ4n) is 6.90. The average molecular weight is 443 g/mol. The van der Waals surface area contributed by atoms with Crippen molar-refractivity contribution in [1.82, 2.24) is 0 Å². The van der Waals surface area contributed by atoms with Crippen molar-refractivity contribution in [2.45, 2.75) is 51.6 Å². The van der Waals surface area contributed by atoms with Gasteiger partial charge in [-0.1, -0.05) is 36.4 Å². The van der Waals surface area contributed by atoms with Gasteiger partial charge in [0.2, 0.25) is 0 Å². The molecule has 0 saturated heterocycles. The molecule has 3 heteroatoms. The topological polar surface area (TPSA) is 35.5 Å². The maximum absolute atomic E-state index is 13.3. The highest BCUT2D eigenvalue weighted by molar-refractivity contribution is 5.98. The number of methoxy groups -OCH3 is 1. The molecule has 6 rings (SSSR count). The van der Waals surface area contributed by atoms with Gasteiger partial charge in [0.05, 0.1) is 7.11 Å². The molecule has 0 heterocycles. The Hall–Kier alpha value is -2.81. The Morgan fingerprint density at radius 2 is 1.70 bits per heavy atom. The van der Waals surface area contributed by atoms with Gasteiger partial charge in [-0.3, -0.25) is 4.79 Å². The number of carbonyl (C=O) groups is 1. The van der Waals surface area contributed by atoms with Gasteiger partial charge < -0.3 is 9.47 Å². The summed E-state index contributed by atoms with van der Waals surface area (Å²) >= 11 is 0. The zero-order valence-corrected chi connectivity index (χ0v) is 19.6. The lowest BCUT2D eigenvalue weighted by atomic mass is 9.48. The third-order valence-electron chi connectivity index (χ3n) is 8.01. The van der Waals surface area contributed by atoms with Crippen LogP contribution >= 0.6 is 0 Å². The van der Waals surface area contributed by atoms with Crippen LogP contribution in [0.1, 0.15) is 55.2 Å². The molecule has 4 aliphatic carbocycles. The predicted octanol–water partition coefficient (Wildman–Crippen LogP) is 6.80. The number of ether oxygens (including phenoxy) is 2. The van der Waals surface area contributed by atoms with E-state index in [2.05, 4.69) is 18.7 Å². The lowest BCUT2D eigenvalue weighted by molar-refractivity contribution is -0.138. The van der Waals surface area contributed by atoms with Crippen molar-refractivity contribution in [1.29, 1.82) is 0 Å². The minimum Gasteiger partial charge on any atom is -0.496 e. The summed E-state index contributed by atoms with van der Waals surface area (Å²) in [6.45, 7) is 4.24. The van der Waals surface area contributed by atoms with E-state index in [0.29, 0.717) is 12.4 Å². The number of ketones is 1. The van der Waals surface area contributed by atoms with Gasteiger partial charge in [-0.2, -0.15) is 0 Å². The quantitative estimate of drug-likeness (QED) is 0.316. The first-order valence-corrected chi connectivity index (χ1v) is 12.3. The van der Waals surface area contributed by atoms with Crippen LogP contribution in [-0.2, 0) is 17.8 Å². The number of benzene rings is 2. The molecule has 0 aromatic heterocycles. The van der Waals surface area contributed by atoms with E-state index in [1.165, 1.54) is 19.3 Å². The van der Waals surface area contributed by atoms with Gasteiger partial charge in [-0.25, -0.2) is 0 Å². The van der Waals surface area contributed by atoms with Crippen LogP contribution in [0.5, 0.6) is 11.5 Å². The molecule has 2 aromatic rings. The van der Waals surface area contributed by atoms with E-state index in [-0.39, 0.29) is 5.41 Å². The van der Waals surface area contributed by atoms with Crippen LogP contribution in [0.4, 0.5) is 0 Å². The van der Waals surface area contributed by atoms with Crippen LogP contribution < -0.4 is 9.47 Å². The monoisotopic (exact) mass is 442 g/mol. The molecule has 0 atom stereocenters. The van der Waals surface area contributed by atoms with E-state index < -0.39 is 0 Å². The fraction of sp³-hybridized carbons (Fsp3) is 0.433. The minimum atomic E-state index is -0.0848. The molecule has 0 spiro atoms. The SMILES string of the molecule is C=CCc1ccccc1OCc1cc(/C=C/C(=O)C23CC4CC(CC(C4)C2)C3)ccc1OC. The summed E-state index contributed by atoms with van der Waals surface area (Å²) in [6.07, 6.45) is 13.9. The van der Waals surface area contributed by atoms with Crippen LogP contribution in [0.15, 0.2) is 61.2 Å². The Morgan fingerprint density at radius 1 is 1.00 bits per heavy atom. The van der Waals surface area contributed by atoms with Crippen LogP contribution in [0.25, 0.3) is 6.08 Å². The van der Waals surface area contributed by atoms with Crippen molar-refractivity contribution in [2.24, 2.45) is 23.2 Å². The highest BCUT2D eigenvalue weighted by atomic mass is 16.5. The molecule has 4 bridgehead atoms. The van der Waals surface area contributed by atoms with Gasteiger partial charge in [0, 0.05) is 11.0 Å². The van der Waals surface area contributed by atoms with Crippen molar-refractivity contribution in [3.63, 3.8) is 0 Å². The van der Waals surface area contributed by atoms with Crippen molar-refractivity contribution >= 4 is 11.9 Å². The van der Waals surface area contributed by atoms with E-state index in [1.54, 1.807) is 7.11 Å². The lowest BCUT2D eigenvalue weighted by Crippen LogP contribution is -2.49. The first kappa shape index (κ1) is 22.0. The fourth-order valence-corrected chi connectivity index (χ4v) is 6.90. The second kappa shape index (κ2) is 9.21. The van der Waals surface area contributed by atoms with Gasteiger partial charge >= 0.3 is 0 Å². The van der Waals surface area contributed by atoms with Crippen molar-refractivity contribution in [2.75, 3.05) is 7.11 Å². The van der Waals surface area contributed by atoms with Gasteiger partial charge in [0.1, 0.15) is 18.1 Å². The number of rotatable bonds is 9. The second-order valence-corrected chi connectivity index (χ2v) is 10.4. The molecule has 0 unspecified atom stereocenters. The summed E-state index contributed by atoms with van der Waals surface area (Å²) in [4.78, 5) is 13.3. The van der Waals surface area contributed by atoms with Crippen LogP contribution in [0.3, 0.4) is 0 Å². The first-order valence-electron chi connectivity index (χ1n) is 12.3. The smallest absolute Gasteiger partial charge is 0.161 e. The number of allylic oxidation sites excluding steroid dienone is 2. The Labute approximate surface area is 197 Å². The standard InChI is InChI=1S/C30H34O3/c1-3-6-25-7-4-5-8-28(25)33-20-26-16-21(9-11-27(26)32-2)10-12-29(31)30-17-22-13-23(18-30)15-24(14-22)19-30/h3-5,7-12,16,22-24H,1,6,13-15,17-20H2,2H3/b12-10+. The van der Waals surface area contributed by atoms with Crippen LogP contribution in [0, 0.1) is 23.2 Å². The third kappa shape index (κ3) is 4.51. The zero-order valence-electron chi connectivity index (χ0n) is 19.6. The number of hydrogen-bond acceptors (Lipinski definition) is 3. The molecule has 0 aliphatic heterocycles. The maximum atomic E-state index is 13.3. The highest BCUT2D eigenvalue weighted by Gasteiger charge is 2.53. The molecule has 172 valence electrons. The summed E-state index contributed by atoms with van der Waals surface area (Å²) in [5.74, 6) is 4.33. The maximum Gasteiger partial charge on any atom is 0.161 e. The summed E-state index contributed by atoms with van der Waals surface area (Å²) in [5.41, 5.74) is 3.00. The van der Waals surface area contributed by atoms with E-state index in [9.17, 15) is 4.79 Å². The normalized spacial score (nSPS) is 27.6. The average Bonchev–Trinajstić information content (AvgIpc) is 2.81. The van der Waals surface area contributed by atoms with E-state index in [0.717, 1.165) is 71.6 Å². The number of carbonyl (C=O) groups excluding carboxylic acids is 1. The molecule has 0 N–H and O–H groups in total. The molecule has 4 saturated carbocycles. The van der Waals surface area contributed by atoms with E-state index in [4.69, 9.17) is 9.47 Å². The molecule has 2 aromatic carbocycles. The van der Waals surface area contributed by atoms with Gasteiger partial charge in [0.25, 0.3) is 0 Å². The second-order valence-electron chi connectivity index (χ2n) is 10.4. The number of hydrogen-bond donors (Lipinski definition) is 0. The first-order chi connectivity index (χ1) is 16.1. The molecule has 0 radical (unpaired) electrons. The largest absolute Gasteiger partial charge is 0.496 e. The Bertz CT molecular complexity index is 1030. The van der Waals surface area contributed by atoms with Gasteiger partial charge in [0.15, 0.2) is 5.78 Å². The summed E-state index contributed by atoms with van der Waals surface area (Å²) in [7, 11) is 1.68. The van der Waals surface area contributed by atoms with Gasteiger partial charge in [-0.15, -0.1) is 6.58 Å². The Morgan fingerprint density at radius 3 is 2.36 bits per heavy atom. The van der Waals surface area contributed by atoms with Crippen LogP contribution in [-0.4, -0.2) is 12.9 Å². The molecule has 0 amide bonds. The highest BCUT2D eigenvalue weighted by Crippen LogP contribution is 2.60. The summed E-state index contributed by atoms with van der Waals surface area (Å²) in [6, 6.07) is 14.1. The van der Waals surface area contributed by atoms with Crippen LogP contribution in [0.2, 0.25) is 0 Å². The zero-order chi connectivity index (χ0) is 22.8. The molecule has 4 aliphatic rings. The number of para-hydroxylation sites is 1. The molecular formula is C30H34O3. The molecular weight excluding hydrogens is 408 g/mol. The molecule has 3 nitrogen and oxygen atoms in total. The minimum absolute atomic E-state index is 0.0848. The van der Waals surface area contributed by atoms with Crippen molar-refractivity contribution in [3.05, 3.63) is 77.9 Å². The predicted molar refractivity (Wildman–Crippen MR) is 132 cm³/mol. The lowest BCUT2D eigenvalue weighted by Gasteiger charge is -2.55. The Kier molecular flexibility index (Phi) is 6.14.